The van der Waals surface area contributed by atoms with Crippen molar-refractivity contribution in [1.82, 2.24) is 9.80 Å². The third-order valence-corrected chi connectivity index (χ3v) is 5.29. The molecule has 6 nitrogen and oxygen atoms in total. The van der Waals surface area contributed by atoms with Crippen molar-refractivity contribution in [3.63, 3.8) is 0 Å². The fourth-order valence-electron chi connectivity index (χ4n) is 3.50. The van der Waals surface area contributed by atoms with Crippen molar-refractivity contribution in [3.05, 3.63) is 59.7 Å². The van der Waals surface area contributed by atoms with Crippen molar-refractivity contribution in [3.8, 4) is 5.75 Å². The highest BCUT2D eigenvalue weighted by molar-refractivity contribution is 5.95. The summed E-state index contributed by atoms with van der Waals surface area (Å²) in [7, 11) is 5.56. The molecule has 0 N–H and O–H groups in total. The highest BCUT2D eigenvalue weighted by atomic mass is 16.5. The van der Waals surface area contributed by atoms with Crippen LogP contribution in [0.5, 0.6) is 5.75 Å². The van der Waals surface area contributed by atoms with Crippen molar-refractivity contribution in [1.29, 1.82) is 0 Å². The second-order valence-corrected chi connectivity index (χ2v) is 7.47. The summed E-state index contributed by atoms with van der Waals surface area (Å²) in [6, 6.07) is 15.5. The van der Waals surface area contributed by atoms with E-state index < -0.39 is 0 Å². The van der Waals surface area contributed by atoms with E-state index >= 15 is 0 Å². The predicted molar refractivity (Wildman–Crippen MR) is 115 cm³/mol. The Hall–Kier alpha value is -3.02. The minimum absolute atomic E-state index is 0.0252. The summed E-state index contributed by atoms with van der Waals surface area (Å²) < 4.78 is 5.23. The van der Waals surface area contributed by atoms with Gasteiger partial charge < -0.3 is 19.4 Å². The molecule has 154 valence electrons. The largest absolute Gasteiger partial charge is 0.497 e. The van der Waals surface area contributed by atoms with Gasteiger partial charge in [0.05, 0.1) is 7.11 Å². The quantitative estimate of drug-likeness (QED) is 0.755. The maximum Gasteiger partial charge on any atom is 0.254 e. The zero-order valence-corrected chi connectivity index (χ0v) is 17.4. The van der Waals surface area contributed by atoms with Gasteiger partial charge in [0, 0.05) is 57.9 Å². The Morgan fingerprint density at radius 3 is 2.34 bits per heavy atom. The summed E-state index contributed by atoms with van der Waals surface area (Å²) in [6.45, 7) is 2.29. The SMILES string of the molecule is COc1cccc(CCC(=O)N2CCN(C(=O)c3cccc(N(C)C)c3)CC2)c1. The molecule has 2 aromatic rings. The summed E-state index contributed by atoms with van der Waals surface area (Å²) in [6.07, 6.45) is 1.15. The summed E-state index contributed by atoms with van der Waals surface area (Å²) in [4.78, 5) is 31.1. The van der Waals surface area contributed by atoms with Crippen LogP contribution in [-0.4, -0.2) is 69.0 Å². The van der Waals surface area contributed by atoms with Gasteiger partial charge in [0.2, 0.25) is 5.91 Å². The fraction of sp³-hybridized carbons (Fsp3) is 0.391. The van der Waals surface area contributed by atoms with E-state index in [-0.39, 0.29) is 11.8 Å². The summed E-state index contributed by atoms with van der Waals surface area (Å²) in [5.41, 5.74) is 2.78. The Labute approximate surface area is 172 Å². The van der Waals surface area contributed by atoms with Crippen molar-refractivity contribution >= 4 is 17.5 Å². The molecule has 0 aliphatic carbocycles. The summed E-state index contributed by atoms with van der Waals surface area (Å²) in [5.74, 6) is 0.965. The molecule has 0 radical (unpaired) electrons. The molecule has 1 aliphatic heterocycles. The second kappa shape index (κ2) is 9.45. The number of amides is 2. The number of benzene rings is 2. The Morgan fingerprint density at radius 1 is 0.966 bits per heavy atom. The van der Waals surface area contributed by atoms with Crippen LogP contribution in [0, 0.1) is 0 Å². The molecule has 0 unspecified atom stereocenters. The van der Waals surface area contributed by atoms with Crippen LogP contribution in [0.4, 0.5) is 5.69 Å². The van der Waals surface area contributed by atoms with E-state index in [1.165, 1.54) is 0 Å². The van der Waals surface area contributed by atoms with E-state index in [9.17, 15) is 9.59 Å². The molecular weight excluding hydrogens is 366 g/mol. The maximum absolute atomic E-state index is 12.8. The fourth-order valence-corrected chi connectivity index (χ4v) is 3.50. The molecule has 0 atom stereocenters. The van der Waals surface area contributed by atoms with Crippen LogP contribution in [0.3, 0.4) is 0 Å². The maximum atomic E-state index is 12.8. The van der Waals surface area contributed by atoms with Gasteiger partial charge in [-0.3, -0.25) is 9.59 Å². The number of rotatable bonds is 6. The third-order valence-electron chi connectivity index (χ3n) is 5.29. The van der Waals surface area contributed by atoms with E-state index in [4.69, 9.17) is 4.74 Å². The van der Waals surface area contributed by atoms with E-state index in [0.29, 0.717) is 44.6 Å². The number of anilines is 1. The summed E-state index contributed by atoms with van der Waals surface area (Å²) in [5, 5.41) is 0. The van der Waals surface area contributed by atoms with Crippen LogP contribution in [0.1, 0.15) is 22.3 Å². The van der Waals surface area contributed by atoms with Crippen LogP contribution in [-0.2, 0) is 11.2 Å². The minimum atomic E-state index is 0.0252. The van der Waals surface area contributed by atoms with Gasteiger partial charge >= 0.3 is 0 Å². The van der Waals surface area contributed by atoms with E-state index in [0.717, 1.165) is 17.0 Å². The van der Waals surface area contributed by atoms with Gasteiger partial charge in [0.15, 0.2) is 0 Å². The van der Waals surface area contributed by atoms with Crippen LogP contribution in [0.15, 0.2) is 48.5 Å². The third kappa shape index (κ3) is 5.28. The van der Waals surface area contributed by atoms with Crippen molar-refractivity contribution in [2.45, 2.75) is 12.8 Å². The number of methoxy groups -OCH3 is 1. The van der Waals surface area contributed by atoms with Gasteiger partial charge in [0.1, 0.15) is 5.75 Å². The number of piperazine rings is 1. The molecule has 2 amide bonds. The van der Waals surface area contributed by atoms with Gasteiger partial charge in [-0.25, -0.2) is 0 Å². The van der Waals surface area contributed by atoms with Gasteiger partial charge in [-0.2, -0.15) is 0 Å². The van der Waals surface area contributed by atoms with E-state index in [1.807, 2.05) is 77.3 Å². The Balaban J connectivity index is 1.51. The average molecular weight is 396 g/mol. The number of nitrogens with zero attached hydrogens (tertiary/aromatic N) is 3. The lowest BCUT2D eigenvalue weighted by Crippen LogP contribution is -2.50. The molecule has 0 saturated carbocycles. The molecule has 0 aromatic heterocycles. The van der Waals surface area contributed by atoms with Crippen LogP contribution in [0.2, 0.25) is 0 Å². The molecule has 3 rings (SSSR count). The van der Waals surface area contributed by atoms with Crippen molar-refractivity contribution in [2.24, 2.45) is 0 Å². The van der Waals surface area contributed by atoms with Crippen LogP contribution in [0.25, 0.3) is 0 Å². The number of ether oxygens (including phenoxy) is 1. The predicted octanol–water partition coefficient (Wildman–Crippen LogP) is 2.68. The minimum Gasteiger partial charge on any atom is -0.497 e. The van der Waals surface area contributed by atoms with Gasteiger partial charge in [-0.15, -0.1) is 0 Å². The molecular formula is C23H29N3O3. The molecule has 1 fully saturated rings. The van der Waals surface area contributed by atoms with Crippen molar-refractivity contribution < 1.29 is 14.3 Å². The topological polar surface area (TPSA) is 53.1 Å². The number of aryl methyl sites for hydroxylation is 1. The van der Waals surface area contributed by atoms with Crippen LogP contribution < -0.4 is 9.64 Å². The molecule has 2 aromatic carbocycles. The molecule has 1 aliphatic rings. The highest BCUT2D eigenvalue weighted by Gasteiger charge is 2.24. The number of carbonyl (C=O) groups is 2. The van der Waals surface area contributed by atoms with Crippen LogP contribution >= 0.6 is 0 Å². The zero-order chi connectivity index (χ0) is 20.8. The Morgan fingerprint density at radius 2 is 1.66 bits per heavy atom. The standard InChI is InChI=1S/C23H29N3O3/c1-24(2)20-8-5-7-19(17-20)23(28)26-14-12-25(13-15-26)22(27)11-10-18-6-4-9-21(16-18)29-3/h4-9,16-17H,10-15H2,1-3H3. The lowest BCUT2D eigenvalue weighted by Gasteiger charge is -2.35. The lowest BCUT2D eigenvalue weighted by atomic mass is 10.1. The first-order chi connectivity index (χ1) is 14.0. The molecule has 0 bridgehead atoms. The zero-order valence-electron chi connectivity index (χ0n) is 17.4. The number of hydrogen-bond acceptors (Lipinski definition) is 4. The molecule has 6 heteroatoms. The first-order valence-corrected chi connectivity index (χ1v) is 9.95. The number of hydrogen-bond donors (Lipinski definition) is 0. The van der Waals surface area contributed by atoms with Gasteiger partial charge in [-0.1, -0.05) is 18.2 Å². The van der Waals surface area contributed by atoms with Crippen molar-refractivity contribution in [2.75, 3.05) is 52.3 Å². The Kier molecular flexibility index (Phi) is 6.75. The number of carbonyl (C=O) groups excluding carboxylic acids is 2. The monoisotopic (exact) mass is 395 g/mol. The smallest absolute Gasteiger partial charge is 0.254 e. The van der Waals surface area contributed by atoms with Gasteiger partial charge in [0.25, 0.3) is 5.91 Å². The Bertz CT molecular complexity index is 858. The summed E-state index contributed by atoms with van der Waals surface area (Å²) >= 11 is 0. The first-order valence-electron chi connectivity index (χ1n) is 9.95. The normalized spacial score (nSPS) is 13.9. The second-order valence-electron chi connectivity index (χ2n) is 7.47. The van der Waals surface area contributed by atoms with Gasteiger partial charge in [-0.05, 0) is 42.3 Å². The van der Waals surface area contributed by atoms with E-state index in [2.05, 4.69) is 0 Å². The molecule has 1 heterocycles. The highest BCUT2D eigenvalue weighted by Crippen LogP contribution is 2.17. The molecule has 0 spiro atoms. The van der Waals surface area contributed by atoms with E-state index in [1.54, 1.807) is 7.11 Å². The first kappa shape index (κ1) is 20.7. The molecule has 29 heavy (non-hydrogen) atoms. The lowest BCUT2D eigenvalue weighted by molar-refractivity contribution is -0.132. The molecule has 1 saturated heterocycles. The average Bonchev–Trinajstić information content (AvgIpc) is 2.77.